The molecule has 0 aliphatic heterocycles. The summed E-state index contributed by atoms with van der Waals surface area (Å²) in [6, 6.07) is 7.55. The second kappa shape index (κ2) is 8.48. The molecule has 0 atom stereocenters. The molecule has 5 nitrogen and oxygen atoms in total. The minimum absolute atomic E-state index is 0.358. The van der Waals surface area contributed by atoms with E-state index in [-0.39, 0.29) is 0 Å². The Labute approximate surface area is 128 Å². The van der Waals surface area contributed by atoms with Crippen molar-refractivity contribution >= 4 is 10.0 Å². The van der Waals surface area contributed by atoms with Crippen molar-refractivity contribution in [1.29, 1.82) is 0 Å². The van der Waals surface area contributed by atoms with Crippen molar-refractivity contribution in [3.8, 4) is 0 Å². The van der Waals surface area contributed by atoms with Crippen molar-refractivity contribution in [3.63, 3.8) is 0 Å². The highest BCUT2D eigenvalue weighted by molar-refractivity contribution is 7.89. The number of nitrogens with one attached hydrogen (secondary N) is 2. The van der Waals surface area contributed by atoms with Gasteiger partial charge in [-0.15, -0.1) is 0 Å². The third-order valence-corrected chi connectivity index (χ3v) is 5.05. The average molecular weight is 313 g/mol. The summed E-state index contributed by atoms with van der Waals surface area (Å²) in [7, 11) is 0.407. The fraction of sp³-hybridized carbons (Fsp3) is 0.600. The maximum Gasteiger partial charge on any atom is 0.240 e. The lowest BCUT2D eigenvalue weighted by Gasteiger charge is -2.20. The van der Waals surface area contributed by atoms with E-state index >= 15 is 0 Å². The van der Waals surface area contributed by atoms with Gasteiger partial charge in [0.15, 0.2) is 0 Å². The summed E-state index contributed by atoms with van der Waals surface area (Å²) in [5.74, 6) is 0. The van der Waals surface area contributed by atoms with Crippen LogP contribution in [0.4, 0.5) is 0 Å². The Bertz CT molecular complexity index is 529. The van der Waals surface area contributed by atoms with Crippen LogP contribution in [0.3, 0.4) is 0 Å². The Morgan fingerprint density at radius 1 is 1.24 bits per heavy atom. The summed E-state index contributed by atoms with van der Waals surface area (Å²) in [5, 5.41) is 2.99. The van der Waals surface area contributed by atoms with Gasteiger partial charge in [0.2, 0.25) is 10.0 Å². The lowest BCUT2D eigenvalue weighted by molar-refractivity contribution is 0.271. The van der Waals surface area contributed by atoms with Crippen LogP contribution in [-0.4, -0.2) is 46.5 Å². The number of nitrogens with zero attached hydrogens (tertiary/aromatic N) is 1. The van der Waals surface area contributed by atoms with Gasteiger partial charge in [-0.05, 0) is 52.5 Å². The molecule has 0 aromatic heterocycles. The monoisotopic (exact) mass is 313 g/mol. The summed E-state index contributed by atoms with van der Waals surface area (Å²) in [4.78, 5) is 2.56. The van der Waals surface area contributed by atoms with Crippen LogP contribution in [0.1, 0.15) is 25.8 Å². The van der Waals surface area contributed by atoms with Crippen molar-refractivity contribution in [2.75, 3.05) is 27.2 Å². The number of hydrogen-bond acceptors (Lipinski definition) is 4. The van der Waals surface area contributed by atoms with E-state index in [4.69, 9.17) is 0 Å². The molecule has 0 bridgehead atoms. The van der Waals surface area contributed by atoms with Crippen molar-refractivity contribution in [3.05, 3.63) is 29.8 Å². The van der Waals surface area contributed by atoms with Crippen LogP contribution in [0.25, 0.3) is 0 Å². The lowest BCUT2D eigenvalue weighted by Crippen LogP contribution is -2.31. The maximum absolute atomic E-state index is 12.4. The maximum atomic E-state index is 12.4. The molecule has 2 N–H and O–H groups in total. The highest BCUT2D eigenvalue weighted by Crippen LogP contribution is 2.14. The normalized spacial score (nSPS) is 12.3. The minimum Gasteiger partial charge on any atom is -0.316 e. The number of benzene rings is 1. The first-order valence-electron chi connectivity index (χ1n) is 7.31. The Morgan fingerprint density at radius 3 is 2.52 bits per heavy atom. The quantitative estimate of drug-likeness (QED) is 0.677. The summed E-state index contributed by atoms with van der Waals surface area (Å²) < 4.78 is 27.4. The molecule has 6 heteroatoms. The molecule has 0 saturated heterocycles. The molecule has 1 aromatic rings. The highest BCUT2D eigenvalue weighted by Gasteiger charge is 2.17. The second-order valence-corrected chi connectivity index (χ2v) is 7.20. The van der Waals surface area contributed by atoms with Gasteiger partial charge in [0.25, 0.3) is 0 Å². The number of rotatable bonds is 9. The largest absolute Gasteiger partial charge is 0.316 e. The molecule has 0 aliphatic rings. The molecule has 0 heterocycles. The second-order valence-electron chi connectivity index (χ2n) is 5.46. The van der Waals surface area contributed by atoms with Crippen LogP contribution < -0.4 is 10.0 Å². The smallest absolute Gasteiger partial charge is 0.240 e. The third-order valence-electron chi connectivity index (χ3n) is 3.49. The molecule has 120 valence electrons. The topological polar surface area (TPSA) is 61.4 Å². The van der Waals surface area contributed by atoms with Gasteiger partial charge >= 0.3 is 0 Å². The van der Waals surface area contributed by atoms with Crippen molar-refractivity contribution < 1.29 is 8.42 Å². The first kappa shape index (κ1) is 18.1. The Kier molecular flexibility index (Phi) is 7.31. The molecular weight excluding hydrogens is 286 g/mol. The zero-order chi connectivity index (χ0) is 15.9. The molecular formula is C15H27N3O2S. The Hall–Kier alpha value is -0.950. The van der Waals surface area contributed by atoms with Crippen molar-refractivity contribution in [2.45, 2.75) is 37.8 Å². The van der Waals surface area contributed by atoms with E-state index in [1.54, 1.807) is 19.2 Å². The number of sulfonamides is 1. The first-order chi connectivity index (χ1) is 9.88. The van der Waals surface area contributed by atoms with Gasteiger partial charge in [-0.3, -0.25) is 0 Å². The molecule has 0 amide bonds. The molecule has 1 rings (SSSR count). The SMILES string of the molecule is CNCc1ccccc1S(=O)(=O)NCCCN(C)C(C)C. The molecule has 0 unspecified atom stereocenters. The van der Waals surface area contributed by atoms with E-state index in [1.165, 1.54) is 0 Å². The van der Waals surface area contributed by atoms with Crippen LogP contribution in [0.2, 0.25) is 0 Å². The molecule has 0 fully saturated rings. The standard InChI is InChI=1S/C15H27N3O2S/c1-13(2)18(4)11-7-10-17-21(19,20)15-9-6-5-8-14(15)12-16-3/h5-6,8-9,13,16-17H,7,10-12H2,1-4H3. The predicted octanol–water partition coefficient (Wildman–Crippen LogP) is 1.41. The van der Waals surface area contributed by atoms with Gasteiger partial charge in [0.1, 0.15) is 0 Å². The lowest BCUT2D eigenvalue weighted by atomic mass is 10.2. The molecule has 0 saturated carbocycles. The zero-order valence-electron chi connectivity index (χ0n) is 13.4. The van der Waals surface area contributed by atoms with E-state index in [2.05, 4.69) is 28.8 Å². The Morgan fingerprint density at radius 2 is 1.90 bits per heavy atom. The minimum atomic E-state index is -3.44. The summed E-state index contributed by atoms with van der Waals surface area (Å²) in [6.07, 6.45) is 0.794. The summed E-state index contributed by atoms with van der Waals surface area (Å²) in [6.45, 7) is 6.11. The molecule has 21 heavy (non-hydrogen) atoms. The van der Waals surface area contributed by atoms with E-state index in [0.29, 0.717) is 24.0 Å². The van der Waals surface area contributed by atoms with E-state index < -0.39 is 10.0 Å². The van der Waals surface area contributed by atoms with E-state index in [0.717, 1.165) is 18.5 Å². The predicted molar refractivity (Wildman–Crippen MR) is 86.8 cm³/mol. The van der Waals surface area contributed by atoms with Gasteiger partial charge in [0, 0.05) is 19.1 Å². The Balaban J connectivity index is 2.62. The van der Waals surface area contributed by atoms with Gasteiger partial charge in [-0.25, -0.2) is 13.1 Å². The van der Waals surface area contributed by atoms with Crippen LogP contribution in [0.5, 0.6) is 0 Å². The zero-order valence-corrected chi connectivity index (χ0v) is 14.2. The summed E-state index contributed by atoms with van der Waals surface area (Å²) in [5.41, 5.74) is 0.784. The van der Waals surface area contributed by atoms with Gasteiger partial charge in [0.05, 0.1) is 4.90 Å². The third kappa shape index (κ3) is 5.74. The molecule has 1 aromatic carbocycles. The first-order valence-corrected chi connectivity index (χ1v) is 8.79. The fourth-order valence-electron chi connectivity index (χ4n) is 1.97. The van der Waals surface area contributed by atoms with Gasteiger partial charge in [-0.2, -0.15) is 0 Å². The molecule has 0 spiro atoms. The summed E-state index contributed by atoms with van der Waals surface area (Å²) >= 11 is 0. The average Bonchev–Trinajstić information content (AvgIpc) is 2.44. The fourth-order valence-corrected chi connectivity index (χ4v) is 3.29. The van der Waals surface area contributed by atoms with Gasteiger partial charge in [-0.1, -0.05) is 18.2 Å². The molecule has 0 radical (unpaired) electrons. The molecule has 0 aliphatic carbocycles. The van der Waals surface area contributed by atoms with E-state index in [9.17, 15) is 8.42 Å². The van der Waals surface area contributed by atoms with Crippen LogP contribution >= 0.6 is 0 Å². The highest BCUT2D eigenvalue weighted by atomic mass is 32.2. The van der Waals surface area contributed by atoms with Crippen molar-refractivity contribution in [1.82, 2.24) is 14.9 Å². The van der Waals surface area contributed by atoms with Crippen LogP contribution in [-0.2, 0) is 16.6 Å². The van der Waals surface area contributed by atoms with Crippen LogP contribution in [0, 0.1) is 0 Å². The van der Waals surface area contributed by atoms with Gasteiger partial charge < -0.3 is 10.2 Å². The van der Waals surface area contributed by atoms with Crippen molar-refractivity contribution in [2.24, 2.45) is 0 Å². The number of hydrogen-bond donors (Lipinski definition) is 2. The van der Waals surface area contributed by atoms with E-state index in [1.807, 2.05) is 19.2 Å². The van der Waals surface area contributed by atoms with Crippen LogP contribution in [0.15, 0.2) is 29.2 Å².